The number of hydrogen-bond acceptors (Lipinski definition) is 5. The molecule has 0 bridgehead atoms. The number of aromatic nitrogens is 2. The highest BCUT2D eigenvalue weighted by Crippen LogP contribution is 2.20. The minimum atomic E-state index is -0.185. The Kier molecular flexibility index (Phi) is 5.08. The van der Waals surface area contributed by atoms with Crippen LogP contribution in [0.5, 0.6) is 0 Å². The van der Waals surface area contributed by atoms with E-state index in [0.717, 1.165) is 27.8 Å². The van der Waals surface area contributed by atoms with E-state index in [4.69, 9.17) is 0 Å². The van der Waals surface area contributed by atoms with Crippen molar-refractivity contribution < 1.29 is 4.79 Å². The van der Waals surface area contributed by atoms with Gasteiger partial charge < -0.3 is 10.6 Å². The van der Waals surface area contributed by atoms with Crippen LogP contribution in [0.25, 0.3) is 0 Å². The minimum Gasteiger partial charge on any atom is -0.332 e. The van der Waals surface area contributed by atoms with Crippen LogP contribution in [0.4, 0.5) is 4.79 Å². The predicted octanol–water partition coefficient (Wildman–Crippen LogP) is 3.17. The number of rotatable bonds is 5. The van der Waals surface area contributed by atoms with Crippen LogP contribution in [-0.2, 0) is 6.54 Å². The fraction of sp³-hybridized carbons (Fsp3) is 0.462. The topological polar surface area (TPSA) is 66.9 Å². The lowest BCUT2D eigenvalue weighted by molar-refractivity contribution is 0.236. The van der Waals surface area contributed by atoms with Crippen LogP contribution < -0.4 is 10.6 Å². The summed E-state index contributed by atoms with van der Waals surface area (Å²) >= 11 is 3.16. The summed E-state index contributed by atoms with van der Waals surface area (Å²) in [6, 6.07) is -0.221. The number of nitrogens with one attached hydrogen (secondary N) is 2. The Morgan fingerprint density at radius 3 is 2.65 bits per heavy atom. The maximum atomic E-state index is 11.9. The molecule has 0 aliphatic heterocycles. The number of carbonyl (C=O) groups excluding carboxylic acids is 1. The number of amides is 2. The number of urea groups is 1. The maximum Gasteiger partial charge on any atom is 0.315 e. The van der Waals surface area contributed by atoms with E-state index in [2.05, 4.69) is 20.6 Å². The highest BCUT2D eigenvalue weighted by molar-refractivity contribution is 7.09. The molecule has 2 N–H and O–H groups in total. The van der Waals surface area contributed by atoms with E-state index in [1.165, 1.54) is 0 Å². The first-order chi connectivity index (χ1) is 9.58. The van der Waals surface area contributed by atoms with Crippen molar-refractivity contribution in [1.29, 1.82) is 0 Å². The molecule has 2 amide bonds. The van der Waals surface area contributed by atoms with Gasteiger partial charge in [0, 0.05) is 16.5 Å². The Morgan fingerprint density at radius 1 is 1.30 bits per heavy atom. The van der Waals surface area contributed by atoms with Gasteiger partial charge in [-0.3, -0.25) is 0 Å². The molecule has 0 aliphatic rings. The van der Waals surface area contributed by atoms with Crippen LogP contribution in [0.1, 0.15) is 40.8 Å². The summed E-state index contributed by atoms with van der Waals surface area (Å²) in [4.78, 5) is 20.6. The smallest absolute Gasteiger partial charge is 0.315 e. The van der Waals surface area contributed by atoms with Crippen molar-refractivity contribution in [1.82, 2.24) is 20.6 Å². The van der Waals surface area contributed by atoms with Gasteiger partial charge in [-0.05, 0) is 20.3 Å². The van der Waals surface area contributed by atoms with E-state index in [-0.39, 0.29) is 12.1 Å². The summed E-state index contributed by atoms with van der Waals surface area (Å²) in [7, 11) is 0. The first-order valence-corrected chi connectivity index (χ1v) is 8.21. The van der Waals surface area contributed by atoms with Crippen LogP contribution >= 0.6 is 22.7 Å². The zero-order valence-electron chi connectivity index (χ0n) is 11.8. The number of hydrogen-bond donors (Lipinski definition) is 2. The first kappa shape index (κ1) is 14.9. The van der Waals surface area contributed by atoms with Gasteiger partial charge in [0.25, 0.3) is 0 Å². The van der Waals surface area contributed by atoms with Crippen molar-refractivity contribution >= 4 is 28.7 Å². The third kappa shape index (κ3) is 4.01. The van der Waals surface area contributed by atoms with E-state index in [9.17, 15) is 4.79 Å². The molecule has 0 unspecified atom stereocenters. The molecule has 0 fully saturated rings. The molecule has 2 aromatic rings. The molecule has 0 saturated carbocycles. The van der Waals surface area contributed by atoms with Gasteiger partial charge in [-0.2, -0.15) is 0 Å². The second-order valence-electron chi connectivity index (χ2n) is 4.47. The SMILES string of the molecule is CC[C@@H](NC(=O)NCc1csc(C)n1)c1nc(C)cs1. The summed E-state index contributed by atoms with van der Waals surface area (Å²) in [6.07, 6.45) is 0.816. The summed E-state index contributed by atoms with van der Waals surface area (Å²) in [5, 5.41) is 11.7. The van der Waals surface area contributed by atoms with Gasteiger partial charge in [-0.1, -0.05) is 6.92 Å². The number of thiazole rings is 2. The van der Waals surface area contributed by atoms with Gasteiger partial charge in [0.1, 0.15) is 5.01 Å². The molecule has 0 aliphatic carbocycles. The quantitative estimate of drug-likeness (QED) is 0.891. The largest absolute Gasteiger partial charge is 0.332 e. The summed E-state index contributed by atoms with van der Waals surface area (Å²) in [5.74, 6) is 0. The lowest BCUT2D eigenvalue weighted by Crippen LogP contribution is -2.37. The molecule has 7 heteroatoms. The van der Waals surface area contributed by atoms with Gasteiger partial charge in [-0.25, -0.2) is 14.8 Å². The Hall–Kier alpha value is -1.47. The molecular formula is C13H18N4OS2. The van der Waals surface area contributed by atoms with Crippen molar-refractivity contribution in [2.45, 2.75) is 39.8 Å². The highest BCUT2D eigenvalue weighted by atomic mass is 32.1. The maximum absolute atomic E-state index is 11.9. The van der Waals surface area contributed by atoms with E-state index >= 15 is 0 Å². The number of nitrogens with zero attached hydrogens (tertiary/aromatic N) is 2. The molecule has 5 nitrogen and oxygen atoms in total. The van der Waals surface area contributed by atoms with Gasteiger partial charge >= 0.3 is 6.03 Å². The summed E-state index contributed by atoms with van der Waals surface area (Å²) < 4.78 is 0. The lowest BCUT2D eigenvalue weighted by atomic mass is 10.2. The van der Waals surface area contributed by atoms with Crippen LogP contribution in [0.3, 0.4) is 0 Å². The van der Waals surface area contributed by atoms with Gasteiger partial charge in [0.05, 0.1) is 23.3 Å². The molecule has 1 atom stereocenters. The number of carbonyl (C=O) groups is 1. The molecule has 20 heavy (non-hydrogen) atoms. The van der Waals surface area contributed by atoms with E-state index in [0.29, 0.717) is 6.54 Å². The average Bonchev–Trinajstić information content (AvgIpc) is 3.02. The molecule has 2 heterocycles. The van der Waals surface area contributed by atoms with Gasteiger partial charge in [0.2, 0.25) is 0 Å². The van der Waals surface area contributed by atoms with E-state index in [1.807, 2.05) is 31.5 Å². The molecule has 0 spiro atoms. The Morgan fingerprint density at radius 2 is 2.10 bits per heavy atom. The van der Waals surface area contributed by atoms with E-state index in [1.54, 1.807) is 22.7 Å². The standard InChI is InChI=1S/C13H18N4OS2/c1-4-11(12-15-8(2)6-20-12)17-13(18)14-5-10-7-19-9(3)16-10/h6-7,11H,4-5H2,1-3H3,(H2,14,17,18)/t11-/m1/s1. The Bertz CT molecular complexity index is 578. The van der Waals surface area contributed by atoms with Crippen molar-refractivity contribution in [3.8, 4) is 0 Å². The molecule has 2 aromatic heterocycles. The number of aryl methyl sites for hydroxylation is 2. The highest BCUT2D eigenvalue weighted by Gasteiger charge is 2.15. The summed E-state index contributed by atoms with van der Waals surface area (Å²) in [6.45, 7) is 6.39. The van der Waals surface area contributed by atoms with Crippen LogP contribution in [0, 0.1) is 13.8 Å². The lowest BCUT2D eigenvalue weighted by Gasteiger charge is -2.14. The minimum absolute atomic E-state index is 0.0362. The summed E-state index contributed by atoms with van der Waals surface area (Å²) in [5.41, 5.74) is 1.88. The van der Waals surface area contributed by atoms with Gasteiger partial charge in [0.15, 0.2) is 0 Å². The predicted molar refractivity (Wildman–Crippen MR) is 82.1 cm³/mol. The Labute approximate surface area is 126 Å². The molecule has 108 valence electrons. The fourth-order valence-electron chi connectivity index (χ4n) is 1.74. The molecule has 0 radical (unpaired) electrons. The first-order valence-electron chi connectivity index (χ1n) is 6.46. The third-order valence-electron chi connectivity index (χ3n) is 2.75. The zero-order chi connectivity index (χ0) is 14.5. The monoisotopic (exact) mass is 310 g/mol. The molecule has 0 saturated heterocycles. The van der Waals surface area contributed by atoms with Crippen LogP contribution in [0.2, 0.25) is 0 Å². The fourth-order valence-corrected chi connectivity index (χ4v) is 3.28. The van der Waals surface area contributed by atoms with Crippen LogP contribution in [-0.4, -0.2) is 16.0 Å². The van der Waals surface area contributed by atoms with Crippen molar-refractivity contribution in [3.63, 3.8) is 0 Å². The Balaban J connectivity index is 1.86. The second kappa shape index (κ2) is 6.81. The molecule has 0 aromatic carbocycles. The van der Waals surface area contributed by atoms with Crippen molar-refractivity contribution in [3.05, 3.63) is 32.2 Å². The van der Waals surface area contributed by atoms with E-state index < -0.39 is 0 Å². The third-order valence-corrected chi connectivity index (χ3v) is 4.64. The molecular weight excluding hydrogens is 292 g/mol. The molecule has 2 rings (SSSR count). The van der Waals surface area contributed by atoms with Crippen molar-refractivity contribution in [2.24, 2.45) is 0 Å². The second-order valence-corrected chi connectivity index (χ2v) is 6.42. The zero-order valence-corrected chi connectivity index (χ0v) is 13.4. The van der Waals surface area contributed by atoms with Crippen LogP contribution in [0.15, 0.2) is 10.8 Å². The van der Waals surface area contributed by atoms with Crippen molar-refractivity contribution in [2.75, 3.05) is 0 Å². The average molecular weight is 310 g/mol. The van der Waals surface area contributed by atoms with Gasteiger partial charge in [-0.15, -0.1) is 22.7 Å². The normalized spacial score (nSPS) is 12.2.